The minimum Gasteiger partial charge on any atom is -0.480 e. The van der Waals surface area contributed by atoms with Gasteiger partial charge in [0.1, 0.15) is 12.1 Å². The lowest BCUT2D eigenvalue weighted by Gasteiger charge is -2.40. The van der Waals surface area contributed by atoms with Gasteiger partial charge in [-0.15, -0.1) is 11.8 Å². The lowest BCUT2D eigenvalue weighted by atomic mass is 9.76. The van der Waals surface area contributed by atoms with Crippen molar-refractivity contribution in [3.8, 4) is 0 Å². The fraction of sp³-hybridized carbons (Fsp3) is 0.651. The second-order valence-electron chi connectivity index (χ2n) is 17.9. The van der Waals surface area contributed by atoms with E-state index in [0.29, 0.717) is 0 Å². The molecule has 1 aromatic carbocycles. The van der Waals surface area contributed by atoms with Gasteiger partial charge in [-0.2, -0.15) is 0 Å². The van der Waals surface area contributed by atoms with E-state index in [4.69, 9.17) is 10.8 Å². The summed E-state index contributed by atoms with van der Waals surface area (Å²) in [4.78, 5) is 92.9. The van der Waals surface area contributed by atoms with Gasteiger partial charge in [0, 0.05) is 49.7 Å². The normalized spacial score (nSPS) is 17.5. The Hall–Kier alpha value is -4.36. The van der Waals surface area contributed by atoms with Crippen molar-refractivity contribution in [2.45, 2.75) is 136 Å². The molecule has 1 aliphatic heterocycles. The van der Waals surface area contributed by atoms with Crippen LogP contribution in [0.2, 0.25) is 0 Å². The smallest absolute Gasteiger partial charge is 0.321 e. The number of carboxylic acid groups (broad SMARTS) is 1. The van der Waals surface area contributed by atoms with Crippen LogP contribution in [0.3, 0.4) is 0 Å². The molecule has 0 spiro atoms. The molecular weight excluding hydrogens is 807 g/mol. The number of carbonyl (C=O) groups excluding carboxylic acids is 6. The highest BCUT2D eigenvalue weighted by molar-refractivity contribution is 8.00. The number of benzene rings is 1. The molecule has 0 radical (unpaired) electrons. The Balaban J connectivity index is 2.10. The number of carboxylic acids is 1. The second-order valence-corrected chi connectivity index (χ2v) is 19.1. The first-order valence-corrected chi connectivity index (χ1v) is 21.6. The number of thioether (sulfide) groups is 1. The molecular formula is C43H69N7O10S. The molecule has 1 saturated heterocycles. The predicted molar refractivity (Wildman–Crippen MR) is 234 cm³/mol. The molecule has 342 valence electrons. The Bertz CT molecular complexity index is 1770. The van der Waals surface area contributed by atoms with Crippen molar-refractivity contribution in [1.82, 2.24) is 31.1 Å². The van der Waals surface area contributed by atoms with Crippen LogP contribution in [0.1, 0.15) is 91.3 Å². The molecule has 1 fully saturated rings. The van der Waals surface area contributed by atoms with Gasteiger partial charge in [0.25, 0.3) is 0 Å². The van der Waals surface area contributed by atoms with Crippen LogP contribution in [0.25, 0.3) is 0 Å². The number of aliphatic carboxylic acids is 1. The number of hydrogen-bond donors (Lipinski definition) is 8. The van der Waals surface area contributed by atoms with Crippen molar-refractivity contribution in [3.05, 3.63) is 46.5 Å². The third-order valence-corrected chi connectivity index (χ3v) is 12.2. The molecule has 18 heteroatoms. The molecule has 0 bridgehead atoms. The van der Waals surface area contributed by atoms with E-state index in [1.807, 2.05) is 62.3 Å². The van der Waals surface area contributed by atoms with Gasteiger partial charge in [0.05, 0.1) is 23.4 Å². The highest BCUT2D eigenvalue weighted by atomic mass is 32.2. The number of aliphatic hydroxyl groups excluding tert-OH is 1. The lowest BCUT2D eigenvalue weighted by Crippen LogP contribution is -2.61. The largest absolute Gasteiger partial charge is 0.480 e. The molecule has 2 rings (SSSR count). The van der Waals surface area contributed by atoms with E-state index >= 15 is 0 Å². The number of aryl methyl sites for hydroxylation is 2. The standard InChI is InChI=1S/C43H69N7O10S/c1-23(2)30(49(12)39(56)35(42(6,7)8)48-37(54)34(45-11)43(9,10)27-18-24(3)17-25(4)19-27)20-26(5)36(53)47-29(41(59)60)13-14-32(51)46-15-16-50-33(52)21-31(38(50)55)61-22-28(44)40(57)58/h17-20,23,28-31,34-35,41,45,59-60H,13-16,21-22,44H2,1-12H3,(H,46,51)(H,47,53)(H,48,54)(H,57,58)/b26-20+/t28-,29+,30+,31?,34+,35+/m0/s1. The zero-order valence-corrected chi connectivity index (χ0v) is 38.6. The topological polar surface area (TPSA) is 261 Å². The van der Waals surface area contributed by atoms with E-state index in [1.165, 1.54) is 11.8 Å². The maximum absolute atomic E-state index is 14.3. The first-order valence-electron chi connectivity index (χ1n) is 20.5. The van der Waals surface area contributed by atoms with Gasteiger partial charge >= 0.3 is 5.97 Å². The highest BCUT2D eigenvalue weighted by Gasteiger charge is 2.42. The number of imide groups is 1. The number of hydrogen-bond acceptors (Lipinski definition) is 12. The maximum atomic E-state index is 14.3. The van der Waals surface area contributed by atoms with E-state index in [9.17, 15) is 43.8 Å². The molecule has 61 heavy (non-hydrogen) atoms. The number of aliphatic hydroxyl groups is 2. The summed E-state index contributed by atoms with van der Waals surface area (Å²) in [5.74, 6) is -4.30. The maximum Gasteiger partial charge on any atom is 0.321 e. The molecule has 0 aliphatic carbocycles. The van der Waals surface area contributed by atoms with Crippen LogP contribution in [-0.4, -0.2) is 141 Å². The van der Waals surface area contributed by atoms with Crippen molar-refractivity contribution >= 4 is 53.2 Å². The Morgan fingerprint density at radius 3 is 2.10 bits per heavy atom. The fourth-order valence-electron chi connectivity index (χ4n) is 7.21. The number of amides is 6. The first kappa shape index (κ1) is 52.8. The van der Waals surface area contributed by atoms with Gasteiger partial charge in [-0.05, 0) is 51.1 Å². The molecule has 1 unspecified atom stereocenters. The summed E-state index contributed by atoms with van der Waals surface area (Å²) >= 11 is 0.985. The monoisotopic (exact) mass is 875 g/mol. The molecule has 1 aromatic rings. The van der Waals surface area contributed by atoms with Crippen molar-refractivity contribution < 1.29 is 48.9 Å². The molecule has 17 nitrogen and oxygen atoms in total. The Kier molecular flexibility index (Phi) is 19.6. The molecule has 6 atom stereocenters. The number of nitrogens with zero attached hydrogens (tertiary/aromatic N) is 2. The SMILES string of the molecule is CN[C@H](C(=O)N[C@H](C(=O)N(C)[C@H](/C=C(\C)C(=O)N[C@H](CCC(=O)NCCN1C(=O)CC(SC[C@H](N)C(=O)O)C1=O)C(O)O)C(C)C)C(C)(C)C)C(C)(C)c1cc(C)cc(C)c1. The summed E-state index contributed by atoms with van der Waals surface area (Å²) in [6.07, 6.45) is -0.925. The predicted octanol–water partition coefficient (Wildman–Crippen LogP) is 1.09. The Labute approximate surface area is 364 Å². The number of likely N-dealkylation sites (tertiary alicyclic amines) is 1. The van der Waals surface area contributed by atoms with E-state index < -0.39 is 82.2 Å². The van der Waals surface area contributed by atoms with Crippen LogP contribution in [0.5, 0.6) is 0 Å². The average Bonchev–Trinajstić information content (AvgIpc) is 3.42. The molecule has 9 N–H and O–H groups in total. The summed E-state index contributed by atoms with van der Waals surface area (Å²) in [7, 11) is 3.32. The summed E-state index contributed by atoms with van der Waals surface area (Å²) in [6.45, 7) is 18.7. The van der Waals surface area contributed by atoms with Gasteiger partial charge in [-0.1, -0.05) is 83.9 Å². The minimum absolute atomic E-state index is 0.0481. The minimum atomic E-state index is -2.02. The van der Waals surface area contributed by atoms with Crippen molar-refractivity contribution in [2.75, 3.05) is 32.9 Å². The summed E-state index contributed by atoms with van der Waals surface area (Å²) < 4.78 is 0. The number of likely N-dealkylation sites (N-methyl/N-ethyl adjacent to an activating group) is 2. The van der Waals surface area contributed by atoms with Gasteiger partial charge in [0.2, 0.25) is 35.4 Å². The lowest BCUT2D eigenvalue weighted by molar-refractivity contribution is -0.141. The summed E-state index contributed by atoms with van der Waals surface area (Å²) in [5, 5.41) is 39.7. The van der Waals surface area contributed by atoms with Crippen LogP contribution < -0.4 is 27.0 Å². The molecule has 1 aliphatic rings. The third-order valence-electron chi connectivity index (χ3n) is 10.9. The Morgan fingerprint density at radius 1 is 1.00 bits per heavy atom. The first-order chi connectivity index (χ1) is 28.1. The van der Waals surface area contributed by atoms with Crippen molar-refractivity contribution in [1.29, 1.82) is 0 Å². The number of rotatable bonds is 22. The molecule has 0 aromatic heterocycles. The molecule has 1 heterocycles. The zero-order chi connectivity index (χ0) is 46.7. The van der Waals surface area contributed by atoms with E-state index in [1.54, 1.807) is 20.2 Å². The van der Waals surface area contributed by atoms with Gasteiger partial charge in [-0.25, -0.2) is 0 Å². The number of nitrogens with two attached hydrogens (primary N) is 1. The fourth-order valence-corrected chi connectivity index (χ4v) is 8.32. The number of carbonyl (C=O) groups is 7. The second kappa shape index (κ2) is 22.6. The summed E-state index contributed by atoms with van der Waals surface area (Å²) in [5.41, 5.74) is 7.45. The van der Waals surface area contributed by atoms with Crippen LogP contribution in [0, 0.1) is 25.2 Å². The van der Waals surface area contributed by atoms with Crippen LogP contribution in [0.4, 0.5) is 0 Å². The number of nitrogens with one attached hydrogen (secondary N) is 4. The van der Waals surface area contributed by atoms with Crippen LogP contribution in [-0.2, 0) is 39.0 Å². The van der Waals surface area contributed by atoms with E-state index in [-0.39, 0.29) is 61.4 Å². The van der Waals surface area contributed by atoms with Crippen molar-refractivity contribution in [2.24, 2.45) is 17.1 Å². The van der Waals surface area contributed by atoms with Gasteiger partial charge < -0.3 is 47.2 Å². The average molecular weight is 876 g/mol. The Morgan fingerprint density at radius 2 is 1.59 bits per heavy atom. The molecule has 0 saturated carbocycles. The van der Waals surface area contributed by atoms with Gasteiger partial charge in [-0.3, -0.25) is 38.5 Å². The summed E-state index contributed by atoms with van der Waals surface area (Å²) in [6, 6.07) is 1.51. The van der Waals surface area contributed by atoms with Crippen LogP contribution >= 0.6 is 11.8 Å². The van der Waals surface area contributed by atoms with E-state index in [2.05, 4.69) is 39.5 Å². The van der Waals surface area contributed by atoms with E-state index in [0.717, 1.165) is 33.4 Å². The molecule has 6 amide bonds. The van der Waals surface area contributed by atoms with Crippen LogP contribution in [0.15, 0.2) is 29.8 Å². The highest BCUT2D eigenvalue weighted by Crippen LogP contribution is 2.31. The third kappa shape index (κ3) is 14.9. The quantitative estimate of drug-likeness (QED) is 0.0462. The van der Waals surface area contributed by atoms with Crippen molar-refractivity contribution in [3.63, 3.8) is 0 Å². The van der Waals surface area contributed by atoms with Gasteiger partial charge in [0.15, 0.2) is 6.29 Å². The zero-order valence-electron chi connectivity index (χ0n) is 37.8.